The van der Waals surface area contributed by atoms with Gasteiger partial charge in [-0.2, -0.15) is 0 Å². The fourth-order valence-corrected chi connectivity index (χ4v) is 2.35. The van der Waals surface area contributed by atoms with E-state index in [0.29, 0.717) is 17.1 Å². The van der Waals surface area contributed by atoms with E-state index in [2.05, 4.69) is 6.58 Å². The monoisotopic (exact) mass is 422 g/mol. The predicted octanol–water partition coefficient (Wildman–Crippen LogP) is 6.42. The van der Waals surface area contributed by atoms with Gasteiger partial charge in [-0.3, -0.25) is 0 Å². The Morgan fingerprint density at radius 2 is 1.26 bits per heavy atom. The molecule has 0 fully saturated rings. The standard InChI is InChI=1S/C26H30O5/c1-18(2)15-29-25(30-16-19(3)4)17-28-23-11-7-21(8-12-23)22-9-13-24(14-10-22)31-26(27)20(5)6/h7-16,25H,5,17H2,1-4,6H3. The van der Waals surface area contributed by atoms with E-state index in [1.807, 2.05) is 64.1 Å². The molecule has 2 aromatic rings. The summed E-state index contributed by atoms with van der Waals surface area (Å²) in [6, 6.07) is 15.0. The minimum atomic E-state index is -0.543. The van der Waals surface area contributed by atoms with Crippen molar-refractivity contribution in [1.82, 2.24) is 0 Å². The Kier molecular flexibility index (Phi) is 8.94. The van der Waals surface area contributed by atoms with Gasteiger partial charge in [0.05, 0.1) is 12.5 Å². The van der Waals surface area contributed by atoms with Gasteiger partial charge in [-0.15, -0.1) is 0 Å². The van der Waals surface area contributed by atoms with Crippen LogP contribution in [0.4, 0.5) is 0 Å². The maximum absolute atomic E-state index is 11.6. The van der Waals surface area contributed by atoms with E-state index < -0.39 is 12.3 Å². The second-order valence-corrected chi connectivity index (χ2v) is 7.62. The molecule has 0 radical (unpaired) electrons. The van der Waals surface area contributed by atoms with Crippen molar-refractivity contribution in [3.05, 3.63) is 84.4 Å². The second kappa shape index (κ2) is 11.6. The summed E-state index contributed by atoms with van der Waals surface area (Å²) in [5.41, 5.74) is 4.45. The highest BCUT2D eigenvalue weighted by Crippen LogP contribution is 2.25. The molecule has 31 heavy (non-hydrogen) atoms. The van der Waals surface area contributed by atoms with Crippen LogP contribution in [0.15, 0.2) is 84.4 Å². The number of ether oxygens (including phenoxy) is 4. The van der Waals surface area contributed by atoms with Crippen LogP contribution >= 0.6 is 0 Å². The van der Waals surface area contributed by atoms with E-state index in [1.165, 1.54) is 0 Å². The van der Waals surface area contributed by atoms with Gasteiger partial charge in [0, 0.05) is 5.57 Å². The molecule has 0 aliphatic carbocycles. The van der Waals surface area contributed by atoms with Gasteiger partial charge in [-0.05, 0) is 81.2 Å². The number of carbonyl (C=O) groups is 1. The van der Waals surface area contributed by atoms with Crippen molar-refractivity contribution in [2.75, 3.05) is 6.61 Å². The predicted molar refractivity (Wildman–Crippen MR) is 123 cm³/mol. The van der Waals surface area contributed by atoms with Gasteiger partial charge in [-0.1, -0.05) is 30.8 Å². The third kappa shape index (κ3) is 8.42. The Bertz CT molecular complexity index is 909. The number of esters is 1. The minimum Gasteiger partial charge on any atom is -0.486 e. The molecule has 0 amide bonds. The number of rotatable bonds is 10. The van der Waals surface area contributed by atoms with Crippen LogP contribution in [0, 0.1) is 0 Å². The Labute approximate surface area is 184 Å². The lowest BCUT2D eigenvalue weighted by atomic mass is 10.1. The van der Waals surface area contributed by atoms with E-state index in [9.17, 15) is 4.79 Å². The fraction of sp³-hybridized carbons (Fsp3) is 0.269. The largest absolute Gasteiger partial charge is 0.486 e. The van der Waals surface area contributed by atoms with Crippen molar-refractivity contribution in [3.8, 4) is 22.6 Å². The Balaban J connectivity index is 1.98. The maximum atomic E-state index is 11.6. The van der Waals surface area contributed by atoms with E-state index >= 15 is 0 Å². The number of carbonyl (C=O) groups excluding carboxylic acids is 1. The van der Waals surface area contributed by atoms with Crippen LogP contribution in [0.2, 0.25) is 0 Å². The number of hydrogen-bond donors (Lipinski definition) is 0. The van der Waals surface area contributed by atoms with Crippen molar-refractivity contribution >= 4 is 5.97 Å². The molecule has 0 aromatic heterocycles. The smallest absolute Gasteiger partial charge is 0.338 e. The van der Waals surface area contributed by atoms with Gasteiger partial charge >= 0.3 is 5.97 Å². The Hall–Kier alpha value is -3.47. The van der Waals surface area contributed by atoms with Gasteiger partial charge in [0.25, 0.3) is 6.29 Å². The van der Waals surface area contributed by atoms with Gasteiger partial charge < -0.3 is 18.9 Å². The van der Waals surface area contributed by atoms with E-state index in [0.717, 1.165) is 22.3 Å². The quantitative estimate of drug-likeness (QED) is 0.145. The highest BCUT2D eigenvalue weighted by atomic mass is 16.7. The Morgan fingerprint density at radius 1 is 0.806 bits per heavy atom. The molecule has 2 rings (SSSR count). The summed E-state index contributed by atoms with van der Waals surface area (Å²) in [5, 5.41) is 0. The van der Waals surface area contributed by atoms with Crippen molar-refractivity contribution in [2.24, 2.45) is 0 Å². The van der Waals surface area contributed by atoms with Crippen LogP contribution in [-0.2, 0) is 14.3 Å². The molecular weight excluding hydrogens is 392 g/mol. The molecule has 0 aliphatic heterocycles. The highest BCUT2D eigenvalue weighted by molar-refractivity contribution is 5.88. The molecule has 0 N–H and O–H groups in total. The van der Waals surface area contributed by atoms with Gasteiger partial charge in [0.1, 0.15) is 11.5 Å². The third-order valence-electron chi connectivity index (χ3n) is 3.90. The fourth-order valence-electron chi connectivity index (χ4n) is 2.35. The first-order valence-corrected chi connectivity index (χ1v) is 10.0. The van der Waals surface area contributed by atoms with Crippen LogP contribution in [0.3, 0.4) is 0 Å². The first-order chi connectivity index (χ1) is 14.7. The zero-order chi connectivity index (χ0) is 22.8. The van der Waals surface area contributed by atoms with Crippen LogP contribution < -0.4 is 9.47 Å². The van der Waals surface area contributed by atoms with Crippen molar-refractivity contribution in [2.45, 2.75) is 40.9 Å². The average molecular weight is 423 g/mol. The maximum Gasteiger partial charge on any atom is 0.338 e. The molecule has 5 heteroatoms. The van der Waals surface area contributed by atoms with E-state index in [4.69, 9.17) is 18.9 Å². The zero-order valence-electron chi connectivity index (χ0n) is 18.8. The van der Waals surface area contributed by atoms with Crippen molar-refractivity contribution < 1.29 is 23.7 Å². The van der Waals surface area contributed by atoms with Gasteiger partial charge in [0.2, 0.25) is 0 Å². The summed E-state index contributed by atoms with van der Waals surface area (Å²) in [7, 11) is 0. The second-order valence-electron chi connectivity index (χ2n) is 7.62. The van der Waals surface area contributed by atoms with Crippen molar-refractivity contribution in [3.63, 3.8) is 0 Å². The molecule has 0 unspecified atom stereocenters. The first kappa shape index (κ1) is 23.8. The SMILES string of the molecule is C=C(C)C(=O)Oc1ccc(-c2ccc(OCC(OC=C(C)C)OC=C(C)C)cc2)cc1. The topological polar surface area (TPSA) is 54.0 Å². The molecule has 0 saturated heterocycles. The molecule has 2 aromatic carbocycles. The van der Waals surface area contributed by atoms with E-state index in [-0.39, 0.29) is 6.61 Å². The molecule has 5 nitrogen and oxygen atoms in total. The van der Waals surface area contributed by atoms with Crippen LogP contribution in [0.1, 0.15) is 34.6 Å². The third-order valence-corrected chi connectivity index (χ3v) is 3.90. The van der Waals surface area contributed by atoms with Gasteiger partial charge in [-0.25, -0.2) is 4.79 Å². The molecule has 0 bridgehead atoms. The highest BCUT2D eigenvalue weighted by Gasteiger charge is 2.10. The number of allylic oxidation sites excluding steroid dienone is 2. The van der Waals surface area contributed by atoms with Gasteiger partial charge in [0.15, 0.2) is 6.61 Å². The lowest BCUT2D eigenvalue weighted by Gasteiger charge is -2.17. The molecule has 0 atom stereocenters. The average Bonchev–Trinajstić information content (AvgIpc) is 2.73. The molecule has 0 spiro atoms. The molecule has 0 saturated carbocycles. The molecule has 0 heterocycles. The van der Waals surface area contributed by atoms with Crippen LogP contribution in [0.25, 0.3) is 11.1 Å². The van der Waals surface area contributed by atoms with Crippen LogP contribution in [0.5, 0.6) is 11.5 Å². The summed E-state index contributed by atoms with van der Waals surface area (Å²) in [6.45, 7) is 13.3. The minimum absolute atomic E-state index is 0.246. The lowest BCUT2D eigenvalue weighted by molar-refractivity contribution is -0.130. The zero-order valence-corrected chi connectivity index (χ0v) is 18.8. The molecule has 164 valence electrons. The summed E-state index contributed by atoms with van der Waals surface area (Å²) in [4.78, 5) is 11.6. The summed E-state index contributed by atoms with van der Waals surface area (Å²) in [5.74, 6) is 0.757. The van der Waals surface area contributed by atoms with Crippen molar-refractivity contribution in [1.29, 1.82) is 0 Å². The Morgan fingerprint density at radius 3 is 1.68 bits per heavy atom. The number of benzene rings is 2. The summed E-state index contributed by atoms with van der Waals surface area (Å²) in [6.07, 6.45) is 2.78. The summed E-state index contributed by atoms with van der Waals surface area (Å²) >= 11 is 0. The lowest BCUT2D eigenvalue weighted by Crippen LogP contribution is -2.21. The summed E-state index contributed by atoms with van der Waals surface area (Å²) < 4.78 is 22.3. The van der Waals surface area contributed by atoms with E-state index in [1.54, 1.807) is 31.6 Å². The first-order valence-electron chi connectivity index (χ1n) is 10.0. The number of hydrogen-bond acceptors (Lipinski definition) is 5. The van der Waals surface area contributed by atoms with Crippen LogP contribution in [-0.4, -0.2) is 18.9 Å². The molecule has 0 aliphatic rings. The normalized spacial score (nSPS) is 10.1. The molecular formula is C26H30O5.